The average Bonchev–Trinajstić information content (AvgIpc) is 2.86. The molecule has 1 aromatic carbocycles. The molecule has 2 amide bonds. The van der Waals surface area contributed by atoms with Gasteiger partial charge >= 0.3 is 11.8 Å². The number of carbonyl (C=O) groups excluding carboxylic acids is 2. The molecule has 1 heterocycles. The Morgan fingerprint density at radius 1 is 1.10 bits per heavy atom. The fourth-order valence-corrected chi connectivity index (χ4v) is 2.67. The molecule has 20 heavy (non-hydrogen) atoms. The van der Waals surface area contributed by atoms with Gasteiger partial charge < -0.3 is 10.6 Å². The number of halogens is 1. The van der Waals surface area contributed by atoms with Crippen LogP contribution >= 0.6 is 22.9 Å². The van der Waals surface area contributed by atoms with Crippen molar-refractivity contribution in [3.63, 3.8) is 0 Å². The summed E-state index contributed by atoms with van der Waals surface area (Å²) in [6, 6.07) is 12.1. The Balaban J connectivity index is 1.93. The highest BCUT2D eigenvalue weighted by atomic mass is 35.5. The number of benzene rings is 1. The summed E-state index contributed by atoms with van der Waals surface area (Å²) in [5.41, 5.74) is 0.583. The zero-order chi connectivity index (χ0) is 14.5. The van der Waals surface area contributed by atoms with Gasteiger partial charge in [0.1, 0.15) is 0 Å². The highest BCUT2D eigenvalue weighted by Crippen LogP contribution is 2.26. The zero-order valence-corrected chi connectivity index (χ0v) is 12.3. The van der Waals surface area contributed by atoms with Crippen LogP contribution < -0.4 is 10.6 Å². The Morgan fingerprint density at radius 2 is 1.80 bits per heavy atom. The van der Waals surface area contributed by atoms with Crippen LogP contribution in [0.3, 0.4) is 0 Å². The van der Waals surface area contributed by atoms with Crippen molar-refractivity contribution >= 4 is 40.4 Å². The van der Waals surface area contributed by atoms with Crippen LogP contribution in [0.1, 0.15) is 17.8 Å². The molecule has 2 N–H and O–H groups in total. The van der Waals surface area contributed by atoms with Crippen molar-refractivity contribution in [1.29, 1.82) is 0 Å². The van der Waals surface area contributed by atoms with Gasteiger partial charge in [-0.05, 0) is 31.2 Å². The number of amides is 2. The van der Waals surface area contributed by atoms with Crippen molar-refractivity contribution in [2.75, 3.05) is 5.32 Å². The normalized spacial score (nSPS) is 11.7. The number of hydrogen-bond acceptors (Lipinski definition) is 3. The van der Waals surface area contributed by atoms with E-state index in [0.29, 0.717) is 10.0 Å². The molecule has 0 spiro atoms. The molecule has 0 aliphatic carbocycles. The molecular formula is C14H13ClN2O2S. The molecule has 0 aliphatic heterocycles. The Bertz CT molecular complexity index is 613. The molecule has 0 radical (unpaired) electrons. The third-order valence-electron chi connectivity index (χ3n) is 2.61. The number of thiophene rings is 1. The summed E-state index contributed by atoms with van der Waals surface area (Å²) in [4.78, 5) is 24.4. The molecular weight excluding hydrogens is 296 g/mol. The maximum absolute atomic E-state index is 11.8. The first-order chi connectivity index (χ1) is 9.56. The predicted octanol–water partition coefficient (Wildman–Crippen LogP) is 3.22. The highest BCUT2D eigenvalue weighted by molar-refractivity contribution is 7.16. The van der Waals surface area contributed by atoms with Gasteiger partial charge in [0.2, 0.25) is 0 Å². The van der Waals surface area contributed by atoms with E-state index in [9.17, 15) is 9.59 Å². The molecule has 4 nitrogen and oxygen atoms in total. The lowest BCUT2D eigenvalue weighted by Gasteiger charge is -2.12. The third-order valence-corrected chi connectivity index (χ3v) is 4.02. The van der Waals surface area contributed by atoms with Crippen LogP contribution in [-0.4, -0.2) is 11.8 Å². The van der Waals surface area contributed by atoms with Crippen LogP contribution in [0.2, 0.25) is 4.34 Å². The van der Waals surface area contributed by atoms with E-state index in [0.717, 1.165) is 4.88 Å². The smallest absolute Gasteiger partial charge is 0.313 e. The molecule has 1 atom stereocenters. The van der Waals surface area contributed by atoms with Crippen LogP contribution in [0.25, 0.3) is 0 Å². The van der Waals surface area contributed by atoms with E-state index in [-0.39, 0.29) is 6.04 Å². The highest BCUT2D eigenvalue weighted by Gasteiger charge is 2.18. The molecule has 0 bridgehead atoms. The van der Waals surface area contributed by atoms with Crippen molar-refractivity contribution in [3.05, 3.63) is 51.7 Å². The first-order valence-corrected chi connectivity index (χ1v) is 7.18. The topological polar surface area (TPSA) is 58.2 Å². The molecule has 2 rings (SSSR count). The summed E-state index contributed by atoms with van der Waals surface area (Å²) < 4.78 is 0.648. The molecule has 2 aromatic rings. The number of anilines is 1. The van der Waals surface area contributed by atoms with Crippen LogP contribution in [-0.2, 0) is 9.59 Å². The Hall–Kier alpha value is -1.85. The fraction of sp³-hybridized carbons (Fsp3) is 0.143. The summed E-state index contributed by atoms with van der Waals surface area (Å²) in [5.74, 6) is -1.36. The average molecular weight is 309 g/mol. The molecule has 0 saturated carbocycles. The number of hydrogen-bond donors (Lipinski definition) is 2. The van der Waals surface area contributed by atoms with Gasteiger partial charge in [-0.1, -0.05) is 29.8 Å². The van der Waals surface area contributed by atoms with Gasteiger partial charge in [0, 0.05) is 10.6 Å². The van der Waals surface area contributed by atoms with Gasteiger partial charge in [0.05, 0.1) is 10.4 Å². The summed E-state index contributed by atoms with van der Waals surface area (Å²) >= 11 is 7.21. The van der Waals surface area contributed by atoms with Gasteiger partial charge in [-0.3, -0.25) is 9.59 Å². The first-order valence-electron chi connectivity index (χ1n) is 5.98. The van der Waals surface area contributed by atoms with Gasteiger partial charge in [0.15, 0.2) is 0 Å². The van der Waals surface area contributed by atoms with E-state index >= 15 is 0 Å². The lowest BCUT2D eigenvalue weighted by Crippen LogP contribution is -2.36. The lowest BCUT2D eigenvalue weighted by molar-refractivity contribution is -0.136. The van der Waals surface area contributed by atoms with Crippen molar-refractivity contribution in [3.8, 4) is 0 Å². The van der Waals surface area contributed by atoms with E-state index in [1.807, 2.05) is 12.1 Å². The minimum absolute atomic E-state index is 0.262. The van der Waals surface area contributed by atoms with Crippen molar-refractivity contribution in [2.24, 2.45) is 0 Å². The second kappa shape index (κ2) is 6.54. The number of rotatable bonds is 3. The van der Waals surface area contributed by atoms with Gasteiger partial charge in [-0.2, -0.15) is 0 Å². The second-order valence-corrected chi connectivity index (χ2v) is 5.90. The monoisotopic (exact) mass is 308 g/mol. The van der Waals surface area contributed by atoms with Gasteiger partial charge in [-0.15, -0.1) is 11.3 Å². The van der Waals surface area contributed by atoms with Crippen LogP contribution in [0.4, 0.5) is 5.69 Å². The summed E-state index contributed by atoms with van der Waals surface area (Å²) in [6.07, 6.45) is 0. The largest absolute Gasteiger partial charge is 0.340 e. The predicted molar refractivity (Wildman–Crippen MR) is 81.0 cm³/mol. The van der Waals surface area contributed by atoms with E-state index in [1.54, 1.807) is 37.3 Å². The molecule has 1 aromatic heterocycles. The van der Waals surface area contributed by atoms with Gasteiger partial charge in [-0.25, -0.2) is 0 Å². The molecule has 1 unspecified atom stereocenters. The SMILES string of the molecule is CC(NC(=O)C(=O)Nc1ccccc1)c1ccc(Cl)s1. The third kappa shape index (κ3) is 3.82. The van der Waals surface area contributed by atoms with E-state index < -0.39 is 11.8 Å². The fourth-order valence-electron chi connectivity index (χ4n) is 1.60. The quantitative estimate of drug-likeness (QED) is 0.855. The van der Waals surface area contributed by atoms with E-state index in [1.165, 1.54) is 11.3 Å². The minimum atomic E-state index is -0.689. The maximum atomic E-state index is 11.8. The molecule has 0 fully saturated rings. The first kappa shape index (κ1) is 14.6. The Labute approximate surface area is 125 Å². The second-order valence-electron chi connectivity index (χ2n) is 4.16. The Kier molecular flexibility index (Phi) is 4.76. The molecule has 6 heteroatoms. The zero-order valence-electron chi connectivity index (χ0n) is 10.7. The molecule has 0 aliphatic rings. The number of carbonyl (C=O) groups is 2. The van der Waals surface area contributed by atoms with Crippen molar-refractivity contribution < 1.29 is 9.59 Å². The van der Waals surface area contributed by atoms with Crippen LogP contribution in [0.5, 0.6) is 0 Å². The van der Waals surface area contributed by atoms with E-state index in [2.05, 4.69) is 10.6 Å². The summed E-state index contributed by atoms with van der Waals surface area (Å²) in [7, 11) is 0. The summed E-state index contributed by atoms with van der Waals surface area (Å²) in [6.45, 7) is 1.80. The number of nitrogens with one attached hydrogen (secondary N) is 2. The van der Waals surface area contributed by atoms with Crippen molar-refractivity contribution in [2.45, 2.75) is 13.0 Å². The Morgan fingerprint density at radius 3 is 2.40 bits per heavy atom. The van der Waals surface area contributed by atoms with E-state index in [4.69, 9.17) is 11.6 Å². The van der Waals surface area contributed by atoms with Crippen molar-refractivity contribution in [1.82, 2.24) is 5.32 Å². The summed E-state index contributed by atoms with van der Waals surface area (Å²) in [5, 5.41) is 5.16. The maximum Gasteiger partial charge on any atom is 0.313 e. The van der Waals surface area contributed by atoms with Crippen LogP contribution in [0.15, 0.2) is 42.5 Å². The lowest BCUT2D eigenvalue weighted by atomic mass is 10.2. The van der Waals surface area contributed by atoms with Crippen LogP contribution in [0, 0.1) is 0 Å². The molecule has 104 valence electrons. The number of para-hydroxylation sites is 1. The molecule has 0 saturated heterocycles. The minimum Gasteiger partial charge on any atom is -0.340 e. The standard InChI is InChI=1S/C14H13ClN2O2S/c1-9(11-7-8-12(15)20-11)16-13(18)14(19)17-10-5-3-2-4-6-10/h2-9H,1H3,(H,16,18)(H,17,19). The van der Waals surface area contributed by atoms with Gasteiger partial charge in [0.25, 0.3) is 0 Å².